The number of anilines is 1. The lowest BCUT2D eigenvalue weighted by atomic mass is 9.99. The van der Waals surface area contributed by atoms with Crippen LogP contribution in [-0.2, 0) is 9.53 Å². The normalized spacial score (nSPS) is 22.3. The highest BCUT2D eigenvalue weighted by molar-refractivity contribution is 14.0. The van der Waals surface area contributed by atoms with Gasteiger partial charge in [0.2, 0.25) is 5.91 Å². The van der Waals surface area contributed by atoms with E-state index in [9.17, 15) is 4.79 Å². The number of rotatable bonds is 5. The highest BCUT2D eigenvalue weighted by Crippen LogP contribution is 2.33. The van der Waals surface area contributed by atoms with Crippen molar-refractivity contribution < 1.29 is 9.53 Å². The Bertz CT molecular complexity index is 638. The molecule has 0 radical (unpaired) electrons. The third kappa shape index (κ3) is 5.74. The van der Waals surface area contributed by atoms with Gasteiger partial charge in [-0.15, -0.1) is 24.0 Å². The number of guanidine groups is 1. The number of nitrogens with zero attached hydrogens (tertiary/aromatic N) is 2. The summed E-state index contributed by atoms with van der Waals surface area (Å²) in [5, 5.41) is 6.87. The number of hydrogen-bond acceptors (Lipinski definition) is 4. The van der Waals surface area contributed by atoms with Gasteiger partial charge in [0.25, 0.3) is 0 Å². The molecule has 2 aliphatic rings. The quantitative estimate of drug-likeness (QED) is 0.367. The molecule has 1 amide bonds. The summed E-state index contributed by atoms with van der Waals surface area (Å²) in [6.07, 6.45) is 4.73. The number of amides is 1. The highest BCUT2D eigenvalue weighted by atomic mass is 127. The number of para-hydroxylation sites is 1. The van der Waals surface area contributed by atoms with E-state index in [1.807, 2.05) is 47.0 Å². The van der Waals surface area contributed by atoms with Crippen LogP contribution in [0.1, 0.15) is 19.3 Å². The van der Waals surface area contributed by atoms with E-state index in [1.165, 1.54) is 0 Å². The predicted octanol–water partition coefficient (Wildman–Crippen LogP) is 2.49. The van der Waals surface area contributed by atoms with Crippen molar-refractivity contribution in [2.24, 2.45) is 4.99 Å². The molecule has 2 N–H and O–H groups in total. The molecule has 1 aromatic rings. The Balaban J connectivity index is 0.00000261. The summed E-state index contributed by atoms with van der Waals surface area (Å²) in [4.78, 5) is 18.6. The molecule has 0 aromatic heterocycles. The molecule has 0 saturated carbocycles. The summed E-state index contributed by atoms with van der Waals surface area (Å²) in [5.41, 5.74) is 0.952. The summed E-state index contributed by atoms with van der Waals surface area (Å²) in [7, 11) is 1.77. The number of carbonyl (C=O) groups excluding carboxylic acids is 1. The summed E-state index contributed by atoms with van der Waals surface area (Å²) in [6.45, 7) is 3.14. The highest BCUT2D eigenvalue weighted by Gasteiger charge is 2.33. The Morgan fingerprint density at radius 2 is 2.04 bits per heavy atom. The van der Waals surface area contributed by atoms with Crippen LogP contribution in [0, 0.1) is 0 Å². The van der Waals surface area contributed by atoms with Gasteiger partial charge in [0.1, 0.15) is 0 Å². The number of aliphatic imine (C=N–C) groups is 1. The summed E-state index contributed by atoms with van der Waals surface area (Å²) < 4.78 is 5.69. The molecule has 150 valence electrons. The van der Waals surface area contributed by atoms with E-state index in [2.05, 4.69) is 21.9 Å². The molecule has 2 aliphatic heterocycles. The number of ether oxygens (including phenoxy) is 1. The van der Waals surface area contributed by atoms with Gasteiger partial charge in [0.05, 0.1) is 6.04 Å². The minimum atomic E-state index is 0. The lowest BCUT2D eigenvalue weighted by Gasteiger charge is -2.36. The third-order valence-electron chi connectivity index (χ3n) is 5.17. The first kappa shape index (κ1) is 22.3. The van der Waals surface area contributed by atoms with Crippen molar-refractivity contribution in [1.29, 1.82) is 0 Å². The van der Waals surface area contributed by atoms with E-state index in [1.54, 1.807) is 7.05 Å². The van der Waals surface area contributed by atoms with E-state index < -0.39 is 0 Å². The van der Waals surface area contributed by atoms with Gasteiger partial charge >= 0.3 is 0 Å². The minimum absolute atomic E-state index is 0. The molecule has 1 aromatic carbocycles. The standard InChI is InChI=1S/C19H28N4O2S.HI/c1-20-18(21-14-19(26-2)8-10-25-11-9-19)22-15-12-17(24)23(13-15)16-6-4-3-5-7-16;/h3-7,15H,8-14H2,1-2H3,(H2,20,21,22);1H. The van der Waals surface area contributed by atoms with Crippen LogP contribution in [0.4, 0.5) is 5.69 Å². The van der Waals surface area contributed by atoms with Gasteiger partial charge in [-0.3, -0.25) is 9.79 Å². The molecule has 3 rings (SSSR count). The van der Waals surface area contributed by atoms with Gasteiger partial charge in [-0.25, -0.2) is 0 Å². The molecule has 0 spiro atoms. The molecule has 2 fully saturated rings. The number of hydrogen-bond donors (Lipinski definition) is 2. The second-order valence-electron chi connectivity index (χ2n) is 6.81. The Kier molecular flexibility index (Phi) is 8.68. The largest absolute Gasteiger partial charge is 0.381 e. The topological polar surface area (TPSA) is 66.0 Å². The lowest BCUT2D eigenvalue weighted by Crippen LogP contribution is -2.50. The first-order valence-electron chi connectivity index (χ1n) is 9.11. The summed E-state index contributed by atoms with van der Waals surface area (Å²) in [6, 6.07) is 9.89. The van der Waals surface area contributed by atoms with Crippen LogP contribution >= 0.6 is 35.7 Å². The van der Waals surface area contributed by atoms with Gasteiger partial charge in [-0.2, -0.15) is 11.8 Å². The predicted molar refractivity (Wildman–Crippen MR) is 123 cm³/mol. The summed E-state index contributed by atoms with van der Waals surface area (Å²) >= 11 is 1.90. The molecule has 0 bridgehead atoms. The lowest BCUT2D eigenvalue weighted by molar-refractivity contribution is -0.117. The zero-order valence-electron chi connectivity index (χ0n) is 15.9. The molecule has 8 heteroatoms. The zero-order valence-corrected chi connectivity index (χ0v) is 19.1. The maximum Gasteiger partial charge on any atom is 0.229 e. The fourth-order valence-electron chi connectivity index (χ4n) is 3.49. The zero-order chi connectivity index (χ0) is 18.4. The second kappa shape index (κ2) is 10.5. The van der Waals surface area contributed by atoms with Crippen molar-refractivity contribution in [2.45, 2.75) is 30.1 Å². The SMILES string of the molecule is CN=C(NCC1(SC)CCOCC1)NC1CC(=O)N(c2ccccc2)C1.I. The van der Waals surface area contributed by atoms with E-state index >= 15 is 0 Å². The van der Waals surface area contributed by atoms with Gasteiger partial charge < -0.3 is 20.3 Å². The molecule has 2 heterocycles. The third-order valence-corrected chi connectivity index (χ3v) is 6.59. The molecule has 2 saturated heterocycles. The molecular formula is C19H29IN4O2S. The molecule has 1 unspecified atom stereocenters. The molecule has 0 aliphatic carbocycles. The fraction of sp³-hybridized carbons (Fsp3) is 0.579. The Hall–Kier alpha value is -1.000. The van der Waals surface area contributed by atoms with Crippen molar-refractivity contribution in [3.8, 4) is 0 Å². The van der Waals surface area contributed by atoms with Crippen molar-refractivity contribution in [2.75, 3.05) is 44.5 Å². The first-order valence-corrected chi connectivity index (χ1v) is 10.3. The van der Waals surface area contributed by atoms with Crippen LogP contribution in [0.3, 0.4) is 0 Å². The number of halogens is 1. The number of carbonyl (C=O) groups is 1. The number of thioether (sulfide) groups is 1. The van der Waals surface area contributed by atoms with Crippen LogP contribution in [0.25, 0.3) is 0 Å². The van der Waals surface area contributed by atoms with Crippen molar-refractivity contribution in [3.63, 3.8) is 0 Å². The van der Waals surface area contributed by atoms with E-state index in [0.717, 1.165) is 44.2 Å². The Morgan fingerprint density at radius 1 is 1.33 bits per heavy atom. The molecule has 27 heavy (non-hydrogen) atoms. The van der Waals surface area contributed by atoms with E-state index in [-0.39, 0.29) is 40.7 Å². The molecule has 6 nitrogen and oxygen atoms in total. The number of nitrogens with one attached hydrogen (secondary N) is 2. The van der Waals surface area contributed by atoms with Crippen LogP contribution in [0.15, 0.2) is 35.3 Å². The van der Waals surface area contributed by atoms with Gasteiger partial charge in [-0.1, -0.05) is 18.2 Å². The van der Waals surface area contributed by atoms with Gasteiger partial charge in [0, 0.05) is 50.2 Å². The minimum Gasteiger partial charge on any atom is -0.381 e. The Labute approximate surface area is 182 Å². The van der Waals surface area contributed by atoms with Crippen LogP contribution in [0.2, 0.25) is 0 Å². The van der Waals surface area contributed by atoms with Gasteiger partial charge in [0.15, 0.2) is 5.96 Å². The van der Waals surface area contributed by atoms with E-state index in [0.29, 0.717) is 13.0 Å². The number of benzene rings is 1. The Morgan fingerprint density at radius 3 is 2.67 bits per heavy atom. The van der Waals surface area contributed by atoms with Crippen molar-refractivity contribution in [1.82, 2.24) is 10.6 Å². The van der Waals surface area contributed by atoms with E-state index in [4.69, 9.17) is 4.74 Å². The molecule has 1 atom stereocenters. The first-order chi connectivity index (χ1) is 12.7. The van der Waals surface area contributed by atoms with Gasteiger partial charge in [-0.05, 0) is 31.2 Å². The molecular weight excluding hydrogens is 475 g/mol. The van der Waals surface area contributed by atoms with Crippen molar-refractivity contribution in [3.05, 3.63) is 30.3 Å². The smallest absolute Gasteiger partial charge is 0.229 e. The van der Waals surface area contributed by atoms with Crippen LogP contribution < -0.4 is 15.5 Å². The maximum absolute atomic E-state index is 12.4. The fourth-order valence-corrected chi connectivity index (χ4v) is 4.28. The monoisotopic (exact) mass is 504 g/mol. The maximum atomic E-state index is 12.4. The van der Waals surface area contributed by atoms with Crippen LogP contribution in [0.5, 0.6) is 0 Å². The second-order valence-corrected chi connectivity index (χ2v) is 8.08. The van der Waals surface area contributed by atoms with Crippen LogP contribution in [-0.4, -0.2) is 62.3 Å². The summed E-state index contributed by atoms with van der Waals surface area (Å²) in [5.74, 6) is 0.909. The van der Waals surface area contributed by atoms with Crippen molar-refractivity contribution >= 4 is 53.3 Å². The average Bonchev–Trinajstić information content (AvgIpc) is 3.06. The average molecular weight is 504 g/mol.